The van der Waals surface area contributed by atoms with Gasteiger partial charge in [-0.05, 0) is 43.5 Å². The molecule has 1 aromatic carbocycles. The quantitative estimate of drug-likeness (QED) is 0.548. The lowest BCUT2D eigenvalue weighted by molar-refractivity contribution is -0.154. The Morgan fingerprint density at radius 3 is 2.69 bits per heavy atom. The number of likely N-dealkylation sites (tertiary alicyclic amines) is 1. The van der Waals surface area contributed by atoms with E-state index in [0.29, 0.717) is 17.1 Å². The molecule has 138 valence electrons. The highest BCUT2D eigenvalue weighted by Crippen LogP contribution is 2.28. The average Bonchev–Trinajstić information content (AvgIpc) is 3.18. The third-order valence-corrected chi connectivity index (χ3v) is 3.95. The first-order chi connectivity index (χ1) is 12.5. The molecule has 1 aliphatic heterocycles. The molecule has 7 heteroatoms. The van der Waals surface area contributed by atoms with Gasteiger partial charge in [-0.15, -0.1) is 0 Å². The number of esters is 1. The van der Waals surface area contributed by atoms with Gasteiger partial charge in [-0.2, -0.15) is 5.26 Å². The summed E-state index contributed by atoms with van der Waals surface area (Å²) in [7, 11) is 1.49. The maximum Gasteiger partial charge on any atom is 0.331 e. The summed E-state index contributed by atoms with van der Waals surface area (Å²) in [5.41, 5.74) is 0.696. The molecule has 1 saturated heterocycles. The van der Waals surface area contributed by atoms with E-state index in [1.165, 1.54) is 13.2 Å². The highest BCUT2D eigenvalue weighted by Gasteiger charge is 2.25. The highest BCUT2D eigenvalue weighted by atomic mass is 16.5. The summed E-state index contributed by atoms with van der Waals surface area (Å²) in [4.78, 5) is 25.8. The topological polar surface area (TPSA) is 88.9 Å². The van der Waals surface area contributed by atoms with E-state index in [0.717, 1.165) is 25.9 Å². The summed E-state index contributed by atoms with van der Waals surface area (Å²) in [5.74, 6) is 0.144. The predicted octanol–water partition coefficient (Wildman–Crippen LogP) is 2.16. The molecule has 2 rings (SSSR count). The summed E-state index contributed by atoms with van der Waals surface area (Å²) in [6, 6.07) is 6.94. The fraction of sp³-hybridized carbons (Fsp3) is 0.421. The molecule has 1 fully saturated rings. The fourth-order valence-corrected chi connectivity index (χ4v) is 2.64. The molecule has 1 amide bonds. The first-order valence-electron chi connectivity index (χ1n) is 8.40. The van der Waals surface area contributed by atoms with Crippen molar-refractivity contribution >= 4 is 18.0 Å². The lowest BCUT2D eigenvalue weighted by atomic mass is 10.2. The summed E-state index contributed by atoms with van der Waals surface area (Å²) in [5, 5.41) is 8.57. The molecular formula is C19H22N2O5. The number of benzene rings is 1. The Morgan fingerprint density at radius 1 is 1.31 bits per heavy atom. The van der Waals surface area contributed by atoms with Crippen LogP contribution in [0.2, 0.25) is 0 Å². The van der Waals surface area contributed by atoms with Gasteiger partial charge in [0.1, 0.15) is 6.07 Å². The molecule has 0 radical (unpaired) electrons. The van der Waals surface area contributed by atoms with Gasteiger partial charge < -0.3 is 19.1 Å². The summed E-state index contributed by atoms with van der Waals surface area (Å²) < 4.78 is 15.6. The van der Waals surface area contributed by atoms with Gasteiger partial charge in [0, 0.05) is 19.2 Å². The number of hydrogen-bond donors (Lipinski definition) is 0. The van der Waals surface area contributed by atoms with Gasteiger partial charge in [0.25, 0.3) is 5.91 Å². The molecular weight excluding hydrogens is 336 g/mol. The Hall–Kier alpha value is -3.01. The van der Waals surface area contributed by atoms with E-state index in [1.807, 2.05) is 6.07 Å². The van der Waals surface area contributed by atoms with Crippen LogP contribution in [0.4, 0.5) is 0 Å². The number of nitrogens with zero attached hydrogens (tertiary/aromatic N) is 2. The van der Waals surface area contributed by atoms with Gasteiger partial charge in [0.2, 0.25) is 0 Å². The number of rotatable bonds is 7. The number of carbonyl (C=O) groups is 2. The van der Waals surface area contributed by atoms with Crippen LogP contribution in [0.5, 0.6) is 11.5 Å². The van der Waals surface area contributed by atoms with E-state index in [-0.39, 0.29) is 12.5 Å². The molecule has 0 aliphatic carbocycles. The van der Waals surface area contributed by atoms with E-state index >= 15 is 0 Å². The normalized spacial score (nSPS) is 14.7. The van der Waals surface area contributed by atoms with Crippen LogP contribution in [0.15, 0.2) is 24.3 Å². The van der Waals surface area contributed by atoms with Crippen molar-refractivity contribution in [1.29, 1.82) is 5.26 Å². The largest absolute Gasteiger partial charge is 0.493 e. The molecule has 0 spiro atoms. The van der Waals surface area contributed by atoms with Gasteiger partial charge in [-0.25, -0.2) is 4.79 Å². The minimum Gasteiger partial charge on any atom is -0.493 e. The minimum absolute atomic E-state index is 0.0825. The van der Waals surface area contributed by atoms with E-state index in [1.54, 1.807) is 36.1 Å². The highest BCUT2D eigenvalue weighted by molar-refractivity contribution is 5.90. The van der Waals surface area contributed by atoms with Gasteiger partial charge in [0.15, 0.2) is 24.2 Å². The minimum atomic E-state index is -0.804. The second-order valence-electron chi connectivity index (χ2n) is 5.80. The molecule has 1 atom stereocenters. The van der Waals surface area contributed by atoms with E-state index < -0.39 is 12.1 Å². The fourth-order valence-electron chi connectivity index (χ4n) is 2.64. The van der Waals surface area contributed by atoms with Gasteiger partial charge >= 0.3 is 5.97 Å². The second-order valence-corrected chi connectivity index (χ2v) is 5.80. The van der Waals surface area contributed by atoms with Crippen LogP contribution in [0.25, 0.3) is 6.08 Å². The Balaban J connectivity index is 1.94. The van der Waals surface area contributed by atoms with Gasteiger partial charge in [0.05, 0.1) is 7.11 Å². The van der Waals surface area contributed by atoms with E-state index in [4.69, 9.17) is 19.5 Å². The van der Waals surface area contributed by atoms with Crippen molar-refractivity contribution in [3.63, 3.8) is 0 Å². The number of hydrogen-bond acceptors (Lipinski definition) is 6. The SMILES string of the molecule is COc1cc(/C=C/C(=O)O[C@H](C)C(=O)N2CCCC2)ccc1OCC#N. The molecule has 0 bridgehead atoms. The standard InChI is InChI=1S/C19H22N2O5/c1-14(19(23)21-10-3-4-11-21)26-18(22)8-6-15-5-7-16(25-12-9-20)17(13-15)24-2/h5-8,13-14H,3-4,10-12H2,1-2H3/b8-6+/t14-/m1/s1. The Kier molecular flexibility index (Phi) is 7.03. The maximum atomic E-state index is 12.1. The smallest absolute Gasteiger partial charge is 0.331 e. The summed E-state index contributed by atoms with van der Waals surface area (Å²) in [6.07, 6.45) is 4.00. The van der Waals surface area contributed by atoms with Crippen LogP contribution in [0.3, 0.4) is 0 Å². The van der Waals surface area contributed by atoms with E-state index in [2.05, 4.69) is 0 Å². The maximum absolute atomic E-state index is 12.1. The molecule has 0 unspecified atom stereocenters. The second kappa shape index (κ2) is 9.47. The number of carbonyl (C=O) groups excluding carboxylic acids is 2. The first kappa shape index (κ1) is 19.3. The first-order valence-corrected chi connectivity index (χ1v) is 8.40. The Morgan fingerprint density at radius 2 is 2.04 bits per heavy atom. The zero-order chi connectivity index (χ0) is 18.9. The lowest BCUT2D eigenvalue weighted by Crippen LogP contribution is -2.37. The molecule has 1 aromatic rings. The molecule has 1 aliphatic rings. The molecule has 26 heavy (non-hydrogen) atoms. The third kappa shape index (κ3) is 5.24. The predicted molar refractivity (Wildman–Crippen MR) is 94.5 cm³/mol. The van der Waals surface area contributed by atoms with Crippen molar-refractivity contribution in [3.05, 3.63) is 29.8 Å². The van der Waals surface area contributed by atoms with Crippen LogP contribution in [-0.2, 0) is 14.3 Å². The van der Waals surface area contributed by atoms with Crippen molar-refractivity contribution in [3.8, 4) is 17.6 Å². The van der Waals surface area contributed by atoms with E-state index in [9.17, 15) is 9.59 Å². The average molecular weight is 358 g/mol. The number of methoxy groups -OCH3 is 1. The Bertz CT molecular complexity index is 717. The van der Waals surface area contributed by atoms with Crippen molar-refractivity contribution in [2.24, 2.45) is 0 Å². The van der Waals surface area contributed by atoms with Crippen molar-refractivity contribution in [1.82, 2.24) is 4.90 Å². The third-order valence-electron chi connectivity index (χ3n) is 3.95. The molecule has 0 N–H and O–H groups in total. The van der Waals surface area contributed by atoms with Crippen LogP contribution >= 0.6 is 0 Å². The summed E-state index contributed by atoms with van der Waals surface area (Å²) >= 11 is 0. The molecule has 7 nitrogen and oxygen atoms in total. The summed E-state index contributed by atoms with van der Waals surface area (Å²) in [6.45, 7) is 2.94. The van der Waals surface area contributed by atoms with Crippen molar-refractivity contribution in [2.75, 3.05) is 26.8 Å². The number of ether oxygens (including phenoxy) is 3. The van der Waals surface area contributed by atoms with Crippen LogP contribution in [0, 0.1) is 11.3 Å². The Labute approximate surface area is 152 Å². The van der Waals surface area contributed by atoms with Crippen molar-refractivity contribution < 1.29 is 23.8 Å². The number of nitriles is 1. The van der Waals surface area contributed by atoms with Crippen LogP contribution < -0.4 is 9.47 Å². The zero-order valence-corrected chi connectivity index (χ0v) is 14.9. The molecule has 0 saturated carbocycles. The zero-order valence-electron chi connectivity index (χ0n) is 14.9. The monoisotopic (exact) mass is 358 g/mol. The lowest BCUT2D eigenvalue weighted by Gasteiger charge is -2.19. The van der Waals surface area contributed by atoms with Crippen LogP contribution in [-0.4, -0.2) is 49.7 Å². The van der Waals surface area contributed by atoms with Gasteiger partial charge in [-0.1, -0.05) is 6.07 Å². The number of amides is 1. The van der Waals surface area contributed by atoms with Crippen LogP contribution in [0.1, 0.15) is 25.3 Å². The molecule has 0 aromatic heterocycles. The molecule has 1 heterocycles. The van der Waals surface area contributed by atoms with Crippen molar-refractivity contribution in [2.45, 2.75) is 25.9 Å². The van der Waals surface area contributed by atoms with Gasteiger partial charge in [-0.3, -0.25) is 4.79 Å².